The molecule has 0 spiro atoms. The van der Waals surface area contributed by atoms with Gasteiger partial charge in [0, 0.05) is 17.7 Å². The van der Waals surface area contributed by atoms with Crippen LogP contribution in [0.3, 0.4) is 0 Å². The van der Waals surface area contributed by atoms with Crippen molar-refractivity contribution >= 4 is 16.7 Å². The molecule has 3 aromatic carbocycles. The molecule has 0 saturated heterocycles. The van der Waals surface area contributed by atoms with Crippen LogP contribution in [0.2, 0.25) is 0 Å². The number of ether oxygens (including phenoxy) is 3. The number of hydrogen-bond donors (Lipinski definition) is 1. The maximum Gasteiger partial charge on any atom is 0.315 e. The molecule has 0 aliphatic rings. The van der Waals surface area contributed by atoms with E-state index in [1.54, 1.807) is 19.2 Å². The first-order chi connectivity index (χ1) is 15.4. The van der Waals surface area contributed by atoms with Gasteiger partial charge in [0.1, 0.15) is 18.2 Å². The zero-order valence-corrected chi connectivity index (χ0v) is 18.3. The van der Waals surface area contributed by atoms with Crippen molar-refractivity contribution in [1.29, 1.82) is 0 Å². The second-order valence-electron chi connectivity index (χ2n) is 7.47. The number of methoxy groups -OCH3 is 2. The van der Waals surface area contributed by atoms with Gasteiger partial charge in [-0.3, -0.25) is 10.1 Å². The summed E-state index contributed by atoms with van der Waals surface area (Å²) >= 11 is 0. The number of rotatable bonds is 7. The smallest absolute Gasteiger partial charge is 0.315 e. The molecule has 1 aromatic heterocycles. The molecule has 1 heterocycles. The number of nitro benzene ring substituents is 1. The highest BCUT2D eigenvalue weighted by molar-refractivity contribution is 5.82. The van der Waals surface area contributed by atoms with E-state index in [-0.39, 0.29) is 23.8 Å². The minimum Gasteiger partial charge on any atom is -0.497 e. The van der Waals surface area contributed by atoms with E-state index in [4.69, 9.17) is 14.2 Å². The summed E-state index contributed by atoms with van der Waals surface area (Å²) in [6, 6.07) is 14.6. The average Bonchev–Trinajstić information content (AvgIpc) is 3.22. The van der Waals surface area contributed by atoms with Crippen molar-refractivity contribution < 1.29 is 19.1 Å². The Morgan fingerprint density at radius 3 is 2.56 bits per heavy atom. The molecule has 0 aliphatic heterocycles. The third-order valence-corrected chi connectivity index (χ3v) is 5.29. The van der Waals surface area contributed by atoms with E-state index in [1.807, 2.05) is 44.2 Å². The Balaban J connectivity index is 1.74. The Labute approximate surface area is 184 Å². The molecule has 0 aliphatic carbocycles. The molecule has 0 radical (unpaired) electrons. The van der Waals surface area contributed by atoms with Gasteiger partial charge in [0.25, 0.3) is 0 Å². The molecule has 0 bridgehead atoms. The van der Waals surface area contributed by atoms with E-state index in [0.29, 0.717) is 17.1 Å². The lowest BCUT2D eigenvalue weighted by atomic mass is 10.1. The Morgan fingerprint density at radius 1 is 1.03 bits per heavy atom. The molecule has 1 N–H and O–H groups in total. The Kier molecular flexibility index (Phi) is 5.68. The molecule has 0 atom stereocenters. The molecular formula is C24H23N3O5. The van der Waals surface area contributed by atoms with Gasteiger partial charge >= 0.3 is 5.69 Å². The van der Waals surface area contributed by atoms with Crippen LogP contribution in [0.4, 0.5) is 5.69 Å². The first-order valence-corrected chi connectivity index (χ1v) is 9.99. The van der Waals surface area contributed by atoms with Crippen LogP contribution in [-0.2, 0) is 6.61 Å². The van der Waals surface area contributed by atoms with Crippen LogP contribution in [0.15, 0.2) is 48.5 Å². The fourth-order valence-corrected chi connectivity index (χ4v) is 3.51. The lowest BCUT2D eigenvalue weighted by Gasteiger charge is -2.14. The Morgan fingerprint density at radius 2 is 1.84 bits per heavy atom. The van der Waals surface area contributed by atoms with Gasteiger partial charge in [-0.05, 0) is 43.2 Å². The summed E-state index contributed by atoms with van der Waals surface area (Å²) in [6.07, 6.45) is 0. The number of benzene rings is 3. The van der Waals surface area contributed by atoms with E-state index in [9.17, 15) is 10.1 Å². The summed E-state index contributed by atoms with van der Waals surface area (Å²) in [4.78, 5) is 19.1. The zero-order valence-electron chi connectivity index (χ0n) is 18.3. The van der Waals surface area contributed by atoms with Crippen LogP contribution in [0.1, 0.15) is 16.7 Å². The first-order valence-electron chi connectivity index (χ1n) is 9.99. The van der Waals surface area contributed by atoms with Crippen LogP contribution in [0, 0.1) is 24.0 Å². The minimum absolute atomic E-state index is 0.0833. The van der Waals surface area contributed by atoms with Gasteiger partial charge in [0.15, 0.2) is 5.75 Å². The molecule has 8 nitrogen and oxygen atoms in total. The summed E-state index contributed by atoms with van der Waals surface area (Å²) in [7, 11) is 3.04. The van der Waals surface area contributed by atoms with Crippen molar-refractivity contribution in [1.82, 2.24) is 9.97 Å². The molecule has 0 fully saturated rings. The summed E-state index contributed by atoms with van der Waals surface area (Å²) < 4.78 is 16.6. The van der Waals surface area contributed by atoms with Crippen molar-refractivity contribution in [3.63, 3.8) is 0 Å². The van der Waals surface area contributed by atoms with E-state index in [1.165, 1.54) is 13.2 Å². The van der Waals surface area contributed by atoms with Gasteiger partial charge in [0.2, 0.25) is 5.75 Å². The SMILES string of the molecule is COc1ccc2nc(-c3cc(OC)c(OCc4cc(C)ccc4C)c([N+](=O)[O-])c3)[nH]c2c1. The van der Waals surface area contributed by atoms with Crippen LogP contribution in [0.5, 0.6) is 17.2 Å². The van der Waals surface area contributed by atoms with E-state index in [2.05, 4.69) is 9.97 Å². The van der Waals surface area contributed by atoms with Gasteiger partial charge in [0.05, 0.1) is 30.2 Å². The quantitative estimate of drug-likeness (QED) is 0.311. The molecule has 32 heavy (non-hydrogen) atoms. The minimum atomic E-state index is -0.476. The second-order valence-corrected chi connectivity index (χ2v) is 7.47. The summed E-state index contributed by atoms with van der Waals surface area (Å²) in [5, 5.41) is 11.9. The van der Waals surface area contributed by atoms with Gasteiger partial charge in [-0.15, -0.1) is 0 Å². The summed E-state index contributed by atoms with van der Waals surface area (Å²) in [5.74, 6) is 1.51. The van der Waals surface area contributed by atoms with Crippen molar-refractivity contribution in [3.8, 4) is 28.6 Å². The predicted molar refractivity (Wildman–Crippen MR) is 122 cm³/mol. The molecule has 4 aromatic rings. The number of fused-ring (bicyclic) bond motifs is 1. The van der Waals surface area contributed by atoms with Crippen molar-refractivity contribution in [3.05, 3.63) is 75.3 Å². The van der Waals surface area contributed by atoms with Gasteiger partial charge in [-0.1, -0.05) is 23.8 Å². The zero-order chi connectivity index (χ0) is 22.8. The lowest BCUT2D eigenvalue weighted by molar-refractivity contribution is -0.386. The topological polar surface area (TPSA) is 99.5 Å². The number of H-pyrrole nitrogens is 1. The fourth-order valence-electron chi connectivity index (χ4n) is 3.51. The second kappa shape index (κ2) is 8.58. The van der Waals surface area contributed by atoms with E-state index in [0.717, 1.165) is 27.7 Å². The lowest BCUT2D eigenvalue weighted by Crippen LogP contribution is -2.03. The maximum absolute atomic E-state index is 11.9. The number of nitrogens with zero attached hydrogens (tertiary/aromatic N) is 2. The molecule has 8 heteroatoms. The Hall–Kier alpha value is -4.07. The Bertz CT molecular complexity index is 1310. The summed E-state index contributed by atoms with van der Waals surface area (Å²) in [6.45, 7) is 4.15. The molecule has 4 rings (SSSR count). The first kappa shape index (κ1) is 21.2. The van der Waals surface area contributed by atoms with E-state index < -0.39 is 4.92 Å². The third-order valence-electron chi connectivity index (χ3n) is 5.29. The average molecular weight is 433 g/mol. The van der Waals surface area contributed by atoms with Gasteiger partial charge in [-0.25, -0.2) is 4.98 Å². The van der Waals surface area contributed by atoms with E-state index >= 15 is 0 Å². The number of aryl methyl sites for hydroxylation is 2. The number of aromatic amines is 1. The highest BCUT2D eigenvalue weighted by Crippen LogP contribution is 2.41. The van der Waals surface area contributed by atoms with Gasteiger partial charge < -0.3 is 19.2 Å². The molecule has 0 amide bonds. The van der Waals surface area contributed by atoms with Crippen molar-refractivity contribution in [2.45, 2.75) is 20.5 Å². The van der Waals surface area contributed by atoms with Gasteiger partial charge in [-0.2, -0.15) is 0 Å². The standard InChI is InChI=1S/C24H23N3O5/c1-14-5-6-15(2)17(9-14)13-32-23-21(27(28)29)10-16(11-22(23)31-4)24-25-19-8-7-18(30-3)12-20(19)26-24/h5-12H,13H2,1-4H3,(H,25,26). The number of aromatic nitrogens is 2. The highest BCUT2D eigenvalue weighted by Gasteiger charge is 2.24. The number of hydrogen-bond acceptors (Lipinski definition) is 6. The van der Waals surface area contributed by atoms with Crippen molar-refractivity contribution in [2.75, 3.05) is 14.2 Å². The maximum atomic E-state index is 11.9. The van der Waals surface area contributed by atoms with Crippen LogP contribution in [-0.4, -0.2) is 29.1 Å². The van der Waals surface area contributed by atoms with Crippen molar-refractivity contribution in [2.24, 2.45) is 0 Å². The fraction of sp³-hybridized carbons (Fsp3) is 0.208. The largest absolute Gasteiger partial charge is 0.497 e. The predicted octanol–water partition coefficient (Wildman–Crippen LogP) is 5.35. The number of nitrogens with one attached hydrogen (secondary N) is 1. The highest BCUT2D eigenvalue weighted by atomic mass is 16.6. The summed E-state index contributed by atoms with van der Waals surface area (Å²) in [5.41, 5.74) is 4.90. The number of nitro groups is 1. The monoisotopic (exact) mass is 433 g/mol. The normalized spacial score (nSPS) is 10.9. The molecule has 164 valence electrons. The molecule has 0 saturated carbocycles. The molecular weight excluding hydrogens is 410 g/mol. The van der Waals surface area contributed by atoms with Crippen LogP contribution in [0.25, 0.3) is 22.4 Å². The molecule has 0 unspecified atom stereocenters. The number of imidazole rings is 1. The van der Waals surface area contributed by atoms with Crippen LogP contribution < -0.4 is 14.2 Å². The van der Waals surface area contributed by atoms with Crippen LogP contribution >= 0.6 is 0 Å². The third kappa shape index (κ3) is 4.07.